The number of nitrogens with zero attached hydrogens (tertiary/aromatic N) is 1. The number of hydrogen-bond donors (Lipinski definition) is 1. The topological polar surface area (TPSA) is 117 Å². The number of anilines is 1. The minimum atomic E-state index is -0.936. The third-order valence-electron chi connectivity index (χ3n) is 4.16. The molecule has 160 valence electrons. The molecule has 0 spiro atoms. The lowest BCUT2D eigenvalue weighted by molar-refractivity contribution is -0.384. The Morgan fingerprint density at radius 2 is 1.80 bits per heavy atom. The van der Waals surface area contributed by atoms with Gasteiger partial charge in [-0.25, -0.2) is 4.79 Å². The highest BCUT2D eigenvalue weighted by molar-refractivity contribution is 5.96. The van der Waals surface area contributed by atoms with E-state index in [0.29, 0.717) is 23.7 Å². The maximum atomic E-state index is 12.4. The highest BCUT2D eigenvalue weighted by atomic mass is 16.6. The zero-order valence-electron chi connectivity index (χ0n) is 17.0. The molecule has 0 aromatic heterocycles. The van der Waals surface area contributed by atoms with Crippen LogP contribution in [0.3, 0.4) is 0 Å². The van der Waals surface area contributed by atoms with E-state index in [-0.39, 0.29) is 11.4 Å². The number of benzene rings is 2. The van der Waals surface area contributed by atoms with Gasteiger partial charge in [0.2, 0.25) is 0 Å². The first-order valence-electron chi connectivity index (χ1n) is 9.42. The Morgan fingerprint density at radius 1 is 1.13 bits per heavy atom. The van der Waals surface area contributed by atoms with Gasteiger partial charge in [0.1, 0.15) is 17.2 Å². The monoisotopic (exact) mass is 416 g/mol. The molecule has 0 aliphatic carbocycles. The number of amides is 1. The first-order valence-corrected chi connectivity index (χ1v) is 9.42. The number of hydrogen-bond acceptors (Lipinski definition) is 7. The lowest BCUT2D eigenvalue weighted by Crippen LogP contribution is -2.30. The average molecular weight is 416 g/mol. The Balaban J connectivity index is 1.99. The third-order valence-corrected chi connectivity index (χ3v) is 4.16. The molecule has 1 N–H and O–H groups in total. The van der Waals surface area contributed by atoms with E-state index in [2.05, 4.69) is 5.32 Å². The van der Waals surface area contributed by atoms with E-state index in [4.69, 9.17) is 14.2 Å². The average Bonchev–Trinajstić information content (AvgIpc) is 2.74. The van der Waals surface area contributed by atoms with Gasteiger partial charge in [0, 0.05) is 0 Å². The van der Waals surface area contributed by atoms with Gasteiger partial charge in [0.05, 0.1) is 30.3 Å². The highest BCUT2D eigenvalue weighted by Gasteiger charge is 2.21. The molecule has 0 saturated carbocycles. The fraction of sp³-hybridized carbons (Fsp3) is 0.333. The summed E-state index contributed by atoms with van der Waals surface area (Å²) in [6, 6.07) is 10.3. The Morgan fingerprint density at radius 3 is 2.40 bits per heavy atom. The van der Waals surface area contributed by atoms with Crippen molar-refractivity contribution in [2.45, 2.75) is 32.8 Å². The molecule has 0 fully saturated rings. The molecule has 2 aromatic carbocycles. The Labute approximate surface area is 174 Å². The minimum absolute atomic E-state index is 0.0337. The molecule has 0 heterocycles. The van der Waals surface area contributed by atoms with Crippen LogP contribution in [0.4, 0.5) is 11.4 Å². The van der Waals surface area contributed by atoms with Crippen LogP contribution in [-0.2, 0) is 9.53 Å². The first kappa shape index (κ1) is 22.7. The molecule has 0 unspecified atom stereocenters. The van der Waals surface area contributed by atoms with Gasteiger partial charge in [0.15, 0.2) is 6.10 Å². The van der Waals surface area contributed by atoms with Gasteiger partial charge in [0.25, 0.3) is 11.6 Å². The van der Waals surface area contributed by atoms with Crippen LogP contribution in [-0.4, -0.2) is 36.6 Å². The molecule has 9 nitrogen and oxygen atoms in total. The van der Waals surface area contributed by atoms with Crippen molar-refractivity contribution in [2.75, 3.05) is 19.0 Å². The second kappa shape index (κ2) is 10.8. The molecule has 0 radical (unpaired) electrons. The Bertz CT molecular complexity index is 897. The fourth-order valence-corrected chi connectivity index (χ4v) is 2.45. The molecule has 0 aliphatic rings. The van der Waals surface area contributed by atoms with E-state index in [0.717, 1.165) is 12.8 Å². The van der Waals surface area contributed by atoms with Crippen molar-refractivity contribution in [3.8, 4) is 11.5 Å². The molecule has 1 amide bonds. The van der Waals surface area contributed by atoms with Gasteiger partial charge in [-0.15, -0.1) is 0 Å². The SMILES string of the molecule is CCCCOC(=O)c1ccc(O[C@H](C)C(=O)Nc2ccc(OC)cc2[N+](=O)[O-])cc1. The van der Waals surface area contributed by atoms with Crippen LogP contribution in [0.1, 0.15) is 37.0 Å². The molecule has 0 bridgehead atoms. The van der Waals surface area contributed by atoms with Crippen LogP contribution < -0.4 is 14.8 Å². The summed E-state index contributed by atoms with van der Waals surface area (Å²) in [6.07, 6.45) is 0.792. The zero-order valence-corrected chi connectivity index (χ0v) is 17.0. The van der Waals surface area contributed by atoms with Crippen LogP contribution in [0.5, 0.6) is 11.5 Å². The summed E-state index contributed by atoms with van der Waals surface area (Å²) in [5.41, 5.74) is 0.122. The van der Waals surface area contributed by atoms with E-state index in [1.807, 2.05) is 6.92 Å². The van der Waals surface area contributed by atoms with Crippen LogP contribution in [0, 0.1) is 10.1 Å². The standard InChI is InChI=1S/C21H24N2O7/c1-4-5-12-29-21(25)15-6-8-16(9-7-15)30-14(2)20(24)22-18-11-10-17(28-3)13-19(18)23(26)27/h6-11,13-14H,4-5,12H2,1-3H3,(H,22,24)/t14-/m1/s1. The zero-order chi connectivity index (χ0) is 22.1. The summed E-state index contributed by atoms with van der Waals surface area (Å²) in [5.74, 6) is -0.316. The normalized spacial score (nSPS) is 11.3. The number of carbonyl (C=O) groups is 2. The van der Waals surface area contributed by atoms with Gasteiger partial charge in [-0.1, -0.05) is 13.3 Å². The molecule has 30 heavy (non-hydrogen) atoms. The number of methoxy groups -OCH3 is 1. The van der Waals surface area contributed by atoms with Gasteiger partial charge >= 0.3 is 5.97 Å². The molecule has 9 heteroatoms. The minimum Gasteiger partial charge on any atom is -0.496 e. The maximum Gasteiger partial charge on any atom is 0.338 e. The van der Waals surface area contributed by atoms with Crippen LogP contribution in [0.15, 0.2) is 42.5 Å². The van der Waals surface area contributed by atoms with E-state index in [9.17, 15) is 19.7 Å². The van der Waals surface area contributed by atoms with E-state index < -0.39 is 22.9 Å². The quantitative estimate of drug-likeness (QED) is 0.269. The number of nitro groups is 1. The van der Waals surface area contributed by atoms with Crippen LogP contribution in [0.25, 0.3) is 0 Å². The molecular formula is C21H24N2O7. The number of unbranched alkanes of at least 4 members (excludes halogenated alkanes) is 1. The van der Waals surface area contributed by atoms with Crippen molar-refractivity contribution in [1.29, 1.82) is 0 Å². The summed E-state index contributed by atoms with van der Waals surface area (Å²) < 4.78 is 15.7. The van der Waals surface area contributed by atoms with Crippen LogP contribution in [0.2, 0.25) is 0 Å². The smallest absolute Gasteiger partial charge is 0.338 e. The van der Waals surface area contributed by atoms with E-state index in [1.54, 1.807) is 24.3 Å². The predicted octanol–water partition coefficient (Wildman–Crippen LogP) is 3.97. The Hall–Kier alpha value is -3.62. The summed E-state index contributed by atoms with van der Waals surface area (Å²) in [7, 11) is 1.39. The van der Waals surface area contributed by atoms with E-state index >= 15 is 0 Å². The second-order valence-corrected chi connectivity index (χ2v) is 6.40. The summed E-state index contributed by atoms with van der Waals surface area (Å²) >= 11 is 0. The molecule has 0 saturated heterocycles. The van der Waals surface area contributed by atoms with Gasteiger partial charge in [-0.05, 0) is 49.7 Å². The lowest BCUT2D eigenvalue weighted by Gasteiger charge is -2.15. The summed E-state index contributed by atoms with van der Waals surface area (Å²) in [5, 5.41) is 13.7. The van der Waals surface area contributed by atoms with Crippen molar-refractivity contribution in [1.82, 2.24) is 0 Å². The summed E-state index contributed by atoms with van der Waals surface area (Å²) in [4.78, 5) is 34.9. The van der Waals surface area contributed by atoms with E-state index in [1.165, 1.54) is 32.2 Å². The number of rotatable bonds is 10. The number of esters is 1. The molecule has 0 aliphatic heterocycles. The van der Waals surface area contributed by atoms with Crippen molar-refractivity contribution in [3.63, 3.8) is 0 Å². The largest absolute Gasteiger partial charge is 0.496 e. The molecule has 1 atom stereocenters. The van der Waals surface area contributed by atoms with Gasteiger partial charge < -0.3 is 19.5 Å². The van der Waals surface area contributed by atoms with Crippen LogP contribution >= 0.6 is 0 Å². The predicted molar refractivity (Wildman–Crippen MR) is 110 cm³/mol. The fourth-order valence-electron chi connectivity index (χ4n) is 2.45. The van der Waals surface area contributed by atoms with Gasteiger partial charge in [-0.2, -0.15) is 0 Å². The lowest BCUT2D eigenvalue weighted by atomic mass is 10.2. The second-order valence-electron chi connectivity index (χ2n) is 6.40. The third kappa shape index (κ3) is 6.20. The first-order chi connectivity index (χ1) is 14.3. The molecular weight excluding hydrogens is 392 g/mol. The van der Waals surface area contributed by atoms with Crippen molar-refractivity contribution in [3.05, 3.63) is 58.1 Å². The van der Waals surface area contributed by atoms with Crippen molar-refractivity contribution >= 4 is 23.3 Å². The molecule has 2 aromatic rings. The number of ether oxygens (including phenoxy) is 3. The van der Waals surface area contributed by atoms with Gasteiger partial charge in [-0.3, -0.25) is 14.9 Å². The Kier molecular flexibility index (Phi) is 8.16. The summed E-state index contributed by atoms with van der Waals surface area (Å²) in [6.45, 7) is 3.88. The number of nitro benzene ring substituents is 1. The van der Waals surface area contributed by atoms with Crippen molar-refractivity contribution in [2.24, 2.45) is 0 Å². The number of carbonyl (C=O) groups excluding carboxylic acids is 2. The van der Waals surface area contributed by atoms with Crippen molar-refractivity contribution < 1.29 is 28.7 Å². The molecule has 2 rings (SSSR count). The highest BCUT2D eigenvalue weighted by Crippen LogP contribution is 2.29. The maximum absolute atomic E-state index is 12.4. The number of nitrogens with one attached hydrogen (secondary N) is 1.